The van der Waals surface area contributed by atoms with E-state index >= 15 is 0 Å². The minimum atomic E-state index is -0.190. The number of amides is 1. The zero-order valence-corrected chi connectivity index (χ0v) is 14.6. The molecule has 0 heterocycles. The van der Waals surface area contributed by atoms with Crippen molar-refractivity contribution in [1.82, 2.24) is 5.43 Å². The van der Waals surface area contributed by atoms with E-state index in [4.69, 9.17) is 0 Å². The van der Waals surface area contributed by atoms with Gasteiger partial charge in [-0.1, -0.05) is 43.7 Å². The fourth-order valence-electron chi connectivity index (χ4n) is 2.33. The Morgan fingerprint density at radius 1 is 1.00 bits per heavy atom. The molecule has 0 fully saturated rings. The highest BCUT2D eigenvalue weighted by Gasteiger charge is 2.07. The summed E-state index contributed by atoms with van der Waals surface area (Å²) in [6.07, 6.45) is 2.98. The van der Waals surface area contributed by atoms with E-state index in [-0.39, 0.29) is 5.91 Å². The summed E-state index contributed by atoms with van der Waals surface area (Å²) in [6, 6.07) is 17.5. The summed E-state index contributed by atoms with van der Waals surface area (Å²) in [5, 5.41) is 4.37. The van der Waals surface area contributed by atoms with Gasteiger partial charge in [-0.3, -0.25) is 4.79 Å². The van der Waals surface area contributed by atoms with Gasteiger partial charge >= 0.3 is 0 Å². The van der Waals surface area contributed by atoms with E-state index < -0.39 is 0 Å². The van der Waals surface area contributed by atoms with Crippen molar-refractivity contribution in [3.05, 3.63) is 65.7 Å². The van der Waals surface area contributed by atoms with Gasteiger partial charge in [-0.25, -0.2) is 5.43 Å². The van der Waals surface area contributed by atoms with Crippen LogP contribution in [-0.2, 0) is 0 Å². The maximum absolute atomic E-state index is 12.3. The topological polar surface area (TPSA) is 44.7 Å². The highest BCUT2D eigenvalue weighted by Crippen LogP contribution is 2.12. The SMILES string of the molecule is CCCCC(=NNC(=O)c1ccc(N(C)C)cc1)c1ccccc1. The third-order valence-electron chi connectivity index (χ3n) is 3.81. The first-order chi connectivity index (χ1) is 11.6. The summed E-state index contributed by atoms with van der Waals surface area (Å²) < 4.78 is 0. The lowest BCUT2D eigenvalue weighted by atomic mass is 10.1. The van der Waals surface area contributed by atoms with E-state index in [1.165, 1.54) is 0 Å². The molecule has 2 aromatic rings. The molecule has 2 rings (SSSR count). The molecule has 0 bridgehead atoms. The lowest BCUT2D eigenvalue weighted by molar-refractivity contribution is 0.0955. The van der Waals surface area contributed by atoms with Gasteiger partial charge in [0, 0.05) is 25.3 Å². The van der Waals surface area contributed by atoms with Gasteiger partial charge < -0.3 is 4.90 Å². The molecule has 0 spiro atoms. The van der Waals surface area contributed by atoms with Crippen molar-refractivity contribution < 1.29 is 4.79 Å². The molecule has 0 aliphatic rings. The van der Waals surface area contributed by atoms with Crippen LogP contribution in [0.25, 0.3) is 0 Å². The fraction of sp³-hybridized carbons (Fsp3) is 0.300. The number of hydrazone groups is 1. The number of hydrogen-bond acceptors (Lipinski definition) is 3. The third kappa shape index (κ3) is 4.95. The molecule has 0 aliphatic carbocycles. The van der Waals surface area contributed by atoms with Crippen LogP contribution in [0.4, 0.5) is 5.69 Å². The maximum Gasteiger partial charge on any atom is 0.271 e. The Hall–Kier alpha value is -2.62. The largest absolute Gasteiger partial charge is 0.378 e. The second-order valence-corrected chi connectivity index (χ2v) is 5.91. The van der Waals surface area contributed by atoms with E-state index in [1.807, 2.05) is 73.6 Å². The minimum Gasteiger partial charge on any atom is -0.378 e. The molecule has 0 saturated carbocycles. The zero-order chi connectivity index (χ0) is 17.4. The lowest BCUT2D eigenvalue weighted by Gasteiger charge is -2.12. The summed E-state index contributed by atoms with van der Waals surface area (Å²) in [5.41, 5.74) is 6.32. The van der Waals surface area contributed by atoms with Gasteiger partial charge in [0.1, 0.15) is 0 Å². The normalized spacial score (nSPS) is 11.2. The molecule has 126 valence electrons. The first-order valence-electron chi connectivity index (χ1n) is 8.31. The summed E-state index contributed by atoms with van der Waals surface area (Å²) in [7, 11) is 3.94. The molecule has 0 aliphatic heterocycles. The Labute approximate surface area is 144 Å². The second kappa shape index (κ2) is 8.87. The number of benzene rings is 2. The first-order valence-corrected chi connectivity index (χ1v) is 8.31. The van der Waals surface area contributed by atoms with Gasteiger partial charge in [0.15, 0.2) is 0 Å². The quantitative estimate of drug-likeness (QED) is 0.616. The average Bonchev–Trinajstić information content (AvgIpc) is 2.62. The van der Waals surface area contributed by atoms with Crippen molar-refractivity contribution in [2.45, 2.75) is 26.2 Å². The van der Waals surface area contributed by atoms with Crippen LogP contribution in [0.1, 0.15) is 42.1 Å². The molecule has 1 N–H and O–H groups in total. The maximum atomic E-state index is 12.3. The van der Waals surface area contributed by atoms with Crippen molar-refractivity contribution in [3.8, 4) is 0 Å². The molecule has 2 aromatic carbocycles. The highest BCUT2D eigenvalue weighted by molar-refractivity contribution is 6.02. The summed E-state index contributed by atoms with van der Waals surface area (Å²) in [4.78, 5) is 14.3. The van der Waals surface area contributed by atoms with Crippen molar-refractivity contribution >= 4 is 17.3 Å². The van der Waals surface area contributed by atoms with Crippen LogP contribution in [-0.4, -0.2) is 25.7 Å². The van der Waals surface area contributed by atoms with Gasteiger partial charge in [0.2, 0.25) is 0 Å². The molecule has 1 amide bonds. The molecule has 0 radical (unpaired) electrons. The molecule has 0 aromatic heterocycles. The molecule has 0 unspecified atom stereocenters. The first kappa shape index (κ1) is 17.7. The predicted molar refractivity (Wildman–Crippen MR) is 101 cm³/mol. The monoisotopic (exact) mass is 323 g/mol. The van der Waals surface area contributed by atoms with Crippen LogP contribution in [0.5, 0.6) is 0 Å². The van der Waals surface area contributed by atoms with Crippen LogP contribution in [0.2, 0.25) is 0 Å². The molecule has 0 saturated heterocycles. The van der Waals surface area contributed by atoms with E-state index in [2.05, 4.69) is 17.5 Å². The highest BCUT2D eigenvalue weighted by atomic mass is 16.2. The van der Waals surface area contributed by atoms with Crippen LogP contribution in [0.3, 0.4) is 0 Å². The van der Waals surface area contributed by atoms with Crippen molar-refractivity contribution in [2.24, 2.45) is 5.10 Å². The van der Waals surface area contributed by atoms with Gasteiger partial charge in [-0.2, -0.15) is 5.10 Å². The Bertz CT molecular complexity index is 676. The number of anilines is 1. The van der Waals surface area contributed by atoms with Crippen molar-refractivity contribution in [3.63, 3.8) is 0 Å². The number of hydrogen-bond donors (Lipinski definition) is 1. The molecule has 4 heteroatoms. The van der Waals surface area contributed by atoms with Crippen LogP contribution in [0, 0.1) is 0 Å². The second-order valence-electron chi connectivity index (χ2n) is 5.91. The Kier molecular flexibility index (Phi) is 6.55. The summed E-state index contributed by atoms with van der Waals surface area (Å²) in [5.74, 6) is -0.190. The molecular weight excluding hydrogens is 298 g/mol. The van der Waals surface area contributed by atoms with E-state index in [0.717, 1.165) is 36.2 Å². The number of nitrogens with one attached hydrogen (secondary N) is 1. The summed E-state index contributed by atoms with van der Waals surface area (Å²) >= 11 is 0. The molecule has 4 nitrogen and oxygen atoms in total. The Balaban J connectivity index is 2.11. The lowest BCUT2D eigenvalue weighted by Crippen LogP contribution is -2.20. The van der Waals surface area contributed by atoms with E-state index in [1.54, 1.807) is 0 Å². The molecular formula is C20H25N3O. The van der Waals surface area contributed by atoms with Crippen LogP contribution < -0.4 is 10.3 Å². The van der Waals surface area contributed by atoms with Gasteiger partial charge in [-0.05, 0) is 42.7 Å². The zero-order valence-electron chi connectivity index (χ0n) is 14.6. The molecule has 0 atom stereocenters. The van der Waals surface area contributed by atoms with Gasteiger partial charge in [0.25, 0.3) is 5.91 Å². The minimum absolute atomic E-state index is 0.190. The summed E-state index contributed by atoms with van der Waals surface area (Å²) in [6.45, 7) is 2.15. The van der Waals surface area contributed by atoms with Crippen molar-refractivity contribution in [2.75, 3.05) is 19.0 Å². The van der Waals surface area contributed by atoms with Gasteiger partial charge in [0.05, 0.1) is 5.71 Å². The standard InChI is InChI=1S/C20H25N3O/c1-4-5-11-19(16-9-7-6-8-10-16)21-22-20(24)17-12-14-18(15-13-17)23(2)3/h6-10,12-15H,4-5,11H2,1-3H3,(H,22,24). The number of unbranched alkanes of at least 4 members (excludes halogenated alkanes) is 1. The van der Waals surface area contributed by atoms with Gasteiger partial charge in [-0.15, -0.1) is 0 Å². The van der Waals surface area contributed by atoms with Crippen molar-refractivity contribution in [1.29, 1.82) is 0 Å². The third-order valence-corrected chi connectivity index (χ3v) is 3.81. The number of rotatable bonds is 7. The van der Waals surface area contributed by atoms with Crippen LogP contribution >= 0.6 is 0 Å². The average molecular weight is 323 g/mol. The Morgan fingerprint density at radius 3 is 2.25 bits per heavy atom. The predicted octanol–water partition coefficient (Wildman–Crippen LogP) is 4.08. The number of carbonyl (C=O) groups excluding carboxylic acids is 1. The number of nitrogens with zero attached hydrogens (tertiary/aromatic N) is 2. The number of carbonyl (C=O) groups is 1. The molecule has 24 heavy (non-hydrogen) atoms. The van der Waals surface area contributed by atoms with E-state index in [9.17, 15) is 4.79 Å². The Morgan fingerprint density at radius 2 is 1.67 bits per heavy atom. The van der Waals surface area contributed by atoms with E-state index in [0.29, 0.717) is 5.56 Å². The fourth-order valence-corrected chi connectivity index (χ4v) is 2.33. The smallest absolute Gasteiger partial charge is 0.271 e. The van der Waals surface area contributed by atoms with Crippen LogP contribution in [0.15, 0.2) is 59.7 Å².